The SMILES string of the molecule is Cn1[nH]c(CNC(=S)NN)cc1=O. The van der Waals surface area contributed by atoms with Gasteiger partial charge >= 0.3 is 0 Å². The third kappa shape index (κ3) is 2.56. The van der Waals surface area contributed by atoms with E-state index in [9.17, 15) is 4.79 Å². The van der Waals surface area contributed by atoms with Crippen molar-refractivity contribution < 1.29 is 0 Å². The molecule has 0 unspecified atom stereocenters. The summed E-state index contributed by atoms with van der Waals surface area (Å²) in [5, 5.41) is 5.98. The van der Waals surface area contributed by atoms with Crippen molar-refractivity contribution in [2.24, 2.45) is 12.9 Å². The van der Waals surface area contributed by atoms with Gasteiger partial charge in [-0.3, -0.25) is 14.6 Å². The van der Waals surface area contributed by atoms with Gasteiger partial charge in [0.1, 0.15) is 0 Å². The molecule has 0 aliphatic rings. The van der Waals surface area contributed by atoms with Crippen LogP contribution in [-0.4, -0.2) is 14.9 Å². The van der Waals surface area contributed by atoms with E-state index in [4.69, 9.17) is 18.1 Å². The second-order valence-corrected chi connectivity index (χ2v) is 2.91. The molecular weight excluding hydrogens is 190 g/mol. The number of hydrogen-bond acceptors (Lipinski definition) is 3. The molecule has 6 nitrogen and oxygen atoms in total. The zero-order valence-corrected chi connectivity index (χ0v) is 7.94. The maximum atomic E-state index is 11.0. The highest BCUT2D eigenvalue weighted by molar-refractivity contribution is 7.80. The van der Waals surface area contributed by atoms with Crippen LogP contribution in [0.2, 0.25) is 0 Å². The van der Waals surface area contributed by atoms with Gasteiger partial charge in [-0.2, -0.15) is 0 Å². The Kier molecular flexibility index (Phi) is 3.04. The van der Waals surface area contributed by atoms with Gasteiger partial charge in [-0.05, 0) is 12.2 Å². The fourth-order valence-corrected chi connectivity index (χ4v) is 0.938. The summed E-state index contributed by atoms with van der Waals surface area (Å²) in [5.41, 5.74) is 2.95. The number of H-pyrrole nitrogens is 1. The lowest BCUT2D eigenvalue weighted by atomic mass is 10.4. The summed E-state index contributed by atoms with van der Waals surface area (Å²) < 4.78 is 1.38. The first-order valence-electron chi connectivity index (χ1n) is 3.63. The molecule has 72 valence electrons. The van der Waals surface area contributed by atoms with Crippen molar-refractivity contribution in [3.05, 3.63) is 22.1 Å². The quantitative estimate of drug-likeness (QED) is 0.267. The fourth-order valence-electron chi connectivity index (χ4n) is 0.866. The maximum absolute atomic E-state index is 11.0. The zero-order chi connectivity index (χ0) is 9.84. The molecule has 5 N–H and O–H groups in total. The van der Waals surface area contributed by atoms with Crippen LogP contribution in [0.3, 0.4) is 0 Å². The van der Waals surface area contributed by atoms with Gasteiger partial charge in [0.2, 0.25) is 0 Å². The summed E-state index contributed by atoms with van der Waals surface area (Å²) >= 11 is 4.75. The molecule has 0 aliphatic heterocycles. The van der Waals surface area contributed by atoms with Gasteiger partial charge in [-0.15, -0.1) is 0 Å². The molecule has 0 amide bonds. The number of hydrazine groups is 1. The molecule has 0 aromatic carbocycles. The predicted molar refractivity (Wildman–Crippen MR) is 52.8 cm³/mol. The van der Waals surface area contributed by atoms with Crippen molar-refractivity contribution >= 4 is 17.3 Å². The van der Waals surface area contributed by atoms with Crippen LogP contribution in [-0.2, 0) is 13.6 Å². The highest BCUT2D eigenvalue weighted by Crippen LogP contribution is 1.87. The van der Waals surface area contributed by atoms with E-state index in [0.717, 1.165) is 5.69 Å². The Balaban J connectivity index is 2.55. The van der Waals surface area contributed by atoms with Crippen molar-refractivity contribution in [3.63, 3.8) is 0 Å². The number of nitrogens with zero attached hydrogens (tertiary/aromatic N) is 1. The van der Waals surface area contributed by atoms with Crippen LogP contribution < -0.4 is 22.1 Å². The van der Waals surface area contributed by atoms with Gasteiger partial charge in [-0.1, -0.05) is 0 Å². The molecule has 7 heteroatoms. The van der Waals surface area contributed by atoms with E-state index in [1.54, 1.807) is 7.05 Å². The third-order valence-corrected chi connectivity index (χ3v) is 1.77. The Morgan fingerprint density at radius 2 is 2.54 bits per heavy atom. The van der Waals surface area contributed by atoms with Gasteiger partial charge in [0.15, 0.2) is 5.11 Å². The molecule has 1 rings (SSSR count). The molecule has 0 saturated heterocycles. The van der Waals surface area contributed by atoms with E-state index in [-0.39, 0.29) is 5.56 Å². The van der Waals surface area contributed by atoms with Gasteiger partial charge in [0, 0.05) is 13.1 Å². The lowest BCUT2D eigenvalue weighted by Gasteiger charge is -2.03. The summed E-state index contributed by atoms with van der Waals surface area (Å²) in [7, 11) is 1.64. The summed E-state index contributed by atoms with van der Waals surface area (Å²) in [6, 6.07) is 1.49. The van der Waals surface area contributed by atoms with Crippen molar-refractivity contribution in [3.8, 4) is 0 Å². The number of nitrogens with two attached hydrogens (primary N) is 1. The molecular formula is C6H11N5OS. The Hall–Kier alpha value is -1.34. The molecule has 0 fully saturated rings. The van der Waals surface area contributed by atoms with E-state index < -0.39 is 0 Å². The summed E-state index contributed by atoms with van der Waals surface area (Å²) in [6.45, 7) is 0.444. The second kappa shape index (κ2) is 4.06. The van der Waals surface area contributed by atoms with Crippen LogP contribution in [0.15, 0.2) is 10.9 Å². The molecule has 1 aromatic rings. The highest BCUT2D eigenvalue weighted by atomic mass is 32.1. The van der Waals surface area contributed by atoms with E-state index >= 15 is 0 Å². The first-order chi connectivity index (χ1) is 6.13. The monoisotopic (exact) mass is 201 g/mol. The number of aryl methyl sites for hydroxylation is 1. The predicted octanol–water partition coefficient (Wildman–Crippen LogP) is -1.45. The Morgan fingerprint density at radius 3 is 3.00 bits per heavy atom. The van der Waals surface area contributed by atoms with Crippen LogP contribution in [0, 0.1) is 0 Å². The van der Waals surface area contributed by atoms with Crippen LogP contribution in [0.25, 0.3) is 0 Å². The summed E-state index contributed by atoms with van der Waals surface area (Å²) in [6.07, 6.45) is 0. The topological polar surface area (TPSA) is 87.9 Å². The number of rotatable bonds is 2. The molecule has 0 saturated carbocycles. The molecule has 1 heterocycles. The van der Waals surface area contributed by atoms with Crippen molar-refractivity contribution in [2.45, 2.75) is 6.54 Å². The van der Waals surface area contributed by atoms with Crippen LogP contribution in [0.1, 0.15) is 5.69 Å². The van der Waals surface area contributed by atoms with Crippen molar-refractivity contribution in [1.82, 2.24) is 20.5 Å². The molecule has 0 spiro atoms. The minimum atomic E-state index is -0.0802. The molecule has 0 atom stereocenters. The lowest BCUT2D eigenvalue weighted by Crippen LogP contribution is -2.39. The minimum Gasteiger partial charge on any atom is -0.356 e. The van der Waals surface area contributed by atoms with Gasteiger partial charge in [0.05, 0.1) is 12.2 Å². The zero-order valence-electron chi connectivity index (χ0n) is 7.13. The van der Waals surface area contributed by atoms with E-state index in [2.05, 4.69) is 15.8 Å². The number of hydrogen-bond donors (Lipinski definition) is 4. The average molecular weight is 201 g/mol. The van der Waals surface area contributed by atoms with Gasteiger partial charge < -0.3 is 10.7 Å². The Labute approximate surface area is 80.1 Å². The number of aromatic amines is 1. The molecule has 0 radical (unpaired) electrons. The molecule has 1 aromatic heterocycles. The Morgan fingerprint density at radius 1 is 1.85 bits per heavy atom. The second-order valence-electron chi connectivity index (χ2n) is 2.51. The van der Waals surface area contributed by atoms with Crippen LogP contribution in [0.4, 0.5) is 0 Å². The van der Waals surface area contributed by atoms with Gasteiger partial charge in [0.25, 0.3) is 5.56 Å². The first kappa shape index (κ1) is 9.75. The lowest BCUT2D eigenvalue weighted by molar-refractivity contribution is 0.709. The average Bonchev–Trinajstić information content (AvgIpc) is 2.42. The van der Waals surface area contributed by atoms with Crippen LogP contribution in [0.5, 0.6) is 0 Å². The maximum Gasteiger partial charge on any atom is 0.266 e. The highest BCUT2D eigenvalue weighted by Gasteiger charge is 1.99. The fraction of sp³-hybridized carbons (Fsp3) is 0.333. The third-order valence-electron chi connectivity index (χ3n) is 1.51. The van der Waals surface area contributed by atoms with E-state index in [1.807, 2.05) is 0 Å². The smallest absolute Gasteiger partial charge is 0.266 e. The number of thiocarbonyl (C=S) groups is 1. The number of nitrogens with one attached hydrogen (secondary N) is 3. The summed E-state index contributed by atoms with van der Waals surface area (Å²) in [5.74, 6) is 5.04. The summed E-state index contributed by atoms with van der Waals surface area (Å²) in [4.78, 5) is 11.0. The molecule has 0 bridgehead atoms. The van der Waals surface area contributed by atoms with Crippen molar-refractivity contribution in [1.29, 1.82) is 0 Å². The Bertz CT molecular complexity index is 354. The first-order valence-corrected chi connectivity index (χ1v) is 4.03. The number of aromatic nitrogens is 2. The molecule has 0 aliphatic carbocycles. The molecule has 13 heavy (non-hydrogen) atoms. The van der Waals surface area contributed by atoms with Crippen LogP contribution >= 0.6 is 12.2 Å². The van der Waals surface area contributed by atoms with E-state index in [0.29, 0.717) is 11.7 Å². The normalized spacial score (nSPS) is 9.69. The van der Waals surface area contributed by atoms with Gasteiger partial charge in [-0.25, -0.2) is 5.84 Å². The van der Waals surface area contributed by atoms with Crippen molar-refractivity contribution in [2.75, 3.05) is 0 Å². The van der Waals surface area contributed by atoms with E-state index in [1.165, 1.54) is 10.7 Å². The standard InChI is InChI=1S/C6H11N5OS/c1-11-5(12)2-4(10-11)3-8-6(13)9-7/h2,10H,3,7H2,1H3,(H2,8,9,13). The minimum absolute atomic E-state index is 0.0802. The largest absolute Gasteiger partial charge is 0.356 e.